The van der Waals surface area contributed by atoms with Gasteiger partial charge in [0.1, 0.15) is 16.9 Å². The van der Waals surface area contributed by atoms with Crippen LogP contribution in [0.4, 0.5) is 0 Å². The summed E-state index contributed by atoms with van der Waals surface area (Å²) in [5.41, 5.74) is 1.75. The number of nitrogens with zero attached hydrogens (tertiary/aromatic N) is 3. The summed E-state index contributed by atoms with van der Waals surface area (Å²) in [4.78, 5) is 30.8. The molecule has 0 fully saturated rings. The predicted molar refractivity (Wildman–Crippen MR) is 107 cm³/mol. The van der Waals surface area contributed by atoms with Crippen molar-refractivity contribution in [3.05, 3.63) is 69.1 Å². The number of aryl methyl sites for hydroxylation is 2. The zero-order valence-corrected chi connectivity index (χ0v) is 16.2. The number of hydrogen-bond acceptors (Lipinski definition) is 6. The minimum absolute atomic E-state index is 0.0852. The van der Waals surface area contributed by atoms with Gasteiger partial charge >= 0.3 is 0 Å². The van der Waals surface area contributed by atoms with E-state index in [1.54, 1.807) is 35.7 Å². The van der Waals surface area contributed by atoms with Gasteiger partial charge in [-0.05, 0) is 37.4 Å². The average Bonchev–Trinajstić information content (AvgIpc) is 3.38. The molecule has 0 saturated carbocycles. The van der Waals surface area contributed by atoms with Crippen molar-refractivity contribution in [1.29, 1.82) is 0 Å². The molecule has 1 amide bonds. The van der Waals surface area contributed by atoms with E-state index < -0.39 is 5.91 Å². The van der Waals surface area contributed by atoms with Gasteiger partial charge in [-0.1, -0.05) is 11.2 Å². The number of fused-ring (bicyclic) bond motifs is 1. The molecule has 8 heteroatoms. The lowest BCUT2D eigenvalue weighted by Gasteiger charge is -2.11. The topological polar surface area (TPSA) is 90.0 Å². The van der Waals surface area contributed by atoms with Crippen LogP contribution in [0.5, 0.6) is 0 Å². The SMILES string of the molecule is CCn1cc(C(=O)NCc2cc(-c3cccs3)on2)c(=O)c2ccc(C)nc21. The molecule has 0 saturated heterocycles. The van der Waals surface area contributed by atoms with Crippen LogP contribution in [-0.4, -0.2) is 20.6 Å². The van der Waals surface area contributed by atoms with Gasteiger partial charge in [-0.15, -0.1) is 11.3 Å². The van der Waals surface area contributed by atoms with Crippen molar-refractivity contribution in [3.63, 3.8) is 0 Å². The molecule has 0 spiro atoms. The first-order valence-corrected chi connectivity index (χ1v) is 9.73. The van der Waals surface area contributed by atoms with E-state index in [9.17, 15) is 9.59 Å². The zero-order valence-electron chi connectivity index (χ0n) is 15.4. The van der Waals surface area contributed by atoms with Gasteiger partial charge in [-0.25, -0.2) is 4.98 Å². The number of carbonyl (C=O) groups is 1. The maximum Gasteiger partial charge on any atom is 0.257 e. The summed E-state index contributed by atoms with van der Waals surface area (Å²) in [5.74, 6) is 0.204. The summed E-state index contributed by atoms with van der Waals surface area (Å²) in [5, 5.41) is 9.11. The number of rotatable bonds is 5. The fraction of sp³-hybridized carbons (Fsp3) is 0.200. The normalized spacial score (nSPS) is 11.1. The Balaban J connectivity index is 1.58. The average molecular weight is 394 g/mol. The summed E-state index contributed by atoms with van der Waals surface area (Å²) in [7, 11) is 0. The van der Waals surface area contributed by atoms with Gasteiger partial charge in [-0.3, -0.25) is 9.59 Å². The van der Waals surface area contributed by atoms with E-state index in [2.05, 4.69) is 15.5 Å². The summed E-state index contributed by atoms with van der Waals surface area (Å²) in [6.45, 7) is 4.58. The molecule has 0 unspecified atom stereocenters. The lowest BCUT2D eigenvalue weighted by atomic mass is 10.1. The fourth-order valence-corrected chi connectivity index (χ4v) is 3.63. The van der Waals surface area contributed by atoms with E-state index >= 15 is 0 Å². The molecule has 7 nitrogen and oxygen atoms in total. The largest absolute Gasteiger partial charge is 0.355 e. The van der Waals surface area contributed by atoms with Crippen molar-refractivity contribution in [2.75, 3.05) is 0 Å². The van der Waals surface area contributed by atoms with Crippen LogP contribution >= 0.6 is 11.3 Å². The van der Waals surface area contributed by atoms with E-state index in [-0.39, 0.29) is 17.5 Å². The molecule has 0 radical (unpaired) electrons. The molecule has 0 aliphatic heterocycles. The molecular weight excluding hydrogens is 376 g/mol. The van der Waals surface area contributed by atoms with Gasteiger partial charge < -0.3 is 14.4 Å². The third-order valence-corrected chi connectivity index (χ3v) is 5.28. The Morgan fingerprint density at radius 3 is 2.93 bits per heavy atom. The molecule has 4 aromatic heterocycles. The van der Waals surface area contributed by atoms with Gasteiger partial charge in [0.05, 0.1) is 16.8 Å². The van der Waals surface area contributed by atoms with Gasteiger partial charge in [0.25, 0.3) is 5.91 Å². The summed E-state index contributed by atoms with van der Waals surface area (Å²) in [6, 6.07) is 9.13. The molecule has 0 atom stereocenters. The van der Waals surface area contributed by atoms with Gasteiger partial charge in [0.15, 0.2) is 5.76 Å². The van der Waals surface area contributed by atoms with E-state index in [1.165, 1.54) is 0 Å². The van der Waals surface area contributed by atoms with Crippen LogP contribution in [0.25, 0.3) is 21.7 Å². The van der Waals surface area contributed by atoms with Crippen molar-refractivity contribution in [2.45, 2.75) is 26.9 Å². The number of amides is 1. The summed E-state index contributed by atoms with van der Waals surface area (Å²) >= 11 is 1.55. The van der Waals surface area contributed by atoms with E-state index in [0.717, 1.165) is 10.6 Å². The van der Waals surface area contributed by atoms with Crippen molar-refractivity contribution in [1.82, 2.24) is 20.0 Å². The molecule has 0 aliphatic rings. The Morgan fingerprint density at radius 2 is 2.18 bits per heavy atom. The Hall–Kier alpha value is -3.26. The molecular formula is C20H18N4O3S. The lowest BCUT2D eigenvalue weighted by Crippen LogP contribution is -2.29. The molecule has 28 heavy (non-hydrogen) atoms. The minimum Gasteiger partial charge on any atom is -0.355 e. The highest BCUT2D eigenvalue weighted by Gasteiger charge is 2.17. The predicted octanol–water partition coefficient (Wildman–Crippen LogP) is 3.37. The Labute approximate surface area is 164 Å². The van der Waals surface area contributed by atoms with Crippen LogP contribution in [0, 0.1) is 6.92 Å². The number of carbonyl (C=O) groups excluding carboxylic acids is 1. The number of pyridine rings is 2. The van der Waals surface area contributed by atoms with Crippen molar-refractivity contribution < 1.29 is 9.32 Å². The standard InChI is InChI=1S/C20H18N4O3S/c1-3-24-11-15(18(25)14-7-6-12(2)22-19(14)24)20(26)21-10-13-9-16(27-23-13)17-5-4-8-28-17/h4-9,11H,3,10H2,1-2H3,(H,21,26). The molecule has 4 rings (SSSR count). The Bertz CT molecular complexity index is 1210. The second kappa shape index (κ2) is 7.40. The molecule has 4 aromatic rings. The second-order valence-electron chi connectivity index (χ2n) is 6.32. The van der Waals surface area contributed by atoms with Crippen molar-refractivity contribution in [3.8, 4) is 10.6 Å². The number of aromatic nitrogens is 3. The van der Waals surface area contributed by atoms with Crippen molar-refractivity contribution >= 4 is 28.3 Å². The highest BCUT2D eigenvalue weighted by atomic mass is 32.1. The smallest absolute Gasteiger partial charge is 0.257 e. The minimum atomic E-state index is -0.449. The maximum absolute atomic E-state index is 12.8. The Kier molecular flexibility index (Phi) is 4.79. The van der Waals surface area contributed by atoms with E-state index in [0.29, 0.717) is 29.0 Å². The molecule has 142 valence electrons. The molecule has 4 heterocycles. The highest BCUT2D eigenvalue weighted by Crippen LogP contribution is 2.25. The Morgan fingerprint density at radius 1 is 1.32 bits per heavy atom. The van der Waals surface area contributed by atoms with Crippen LogP contribution < -0.4 is 10.7 Å². The highest BCUT2D eigenvalue weighted by molar-refractivity contribution is 7.13. The van der Waals surface area contributed by atoms with E-state index in [1.807, 2.05) is 35.9 Å². The molecule has 0 bridgehead atoms. The number of thiophene rings is 1. The first kappa shape index (κ1) is 18.1. The van der Waals surface area contributed by atoms with E-state index in [4.69, 9.17) is 4.52 Å². The molecule has 1 N–H and O–H groups in total. The third kappa shape index (κ3) is 3.34. The first-order chi connectivity index (χ1) is 13.6. The molecule has 0 aromatic carbocycles. The van der Waals surface area contributed by atoms with Gasteiger partial charge in [0, 0.05) is 24.5 Å². The summed E-state index contributed by atoms with van der Waals surface area (Å²) in [6.07, 6.45) is 1.56. The van der Waals surface area contributed by atoms with Gasteiger partial charge in [-0.2, -0.15) is 0 Å². The number of nitrogens with one attached hydrogen (secondary N) is 1. The first-order valence-electron chi connectivity index (χ1n) is 8.85. The van der Waals surface area contributed by atoms with Crippen molar-refractivity contribution in [2.24, 2.45) is 0 Å². The second-order valence-corrected chi connectivity index (χ2v) is 7.27. The van der Waals surface area contributed by atoms with Crippen LogP contribution in [0.15, 0.2) is 51.2 Å². The summed E-state index contributed by atoms with van der Waals surface area (Å²) < 4.78 is 7.12. The van der Waals surface area contributed by atoms with Crippen LogP contribution in [0.3, 0.4) is 0 Å². The van der Waals surface area contributed by atoms with Crippen LogP contribution in [0.2, 0.25) is 0 Å². The quantitative estimate of drug-likeness (QED) is 0.560. The van der Waals surface area contributed by atoms with Crippen LogP contribution in [-0.2, 0) is 13.1 Å². The number of hydrogen-bond donors (Lipinski definition) is 1. The molecule has 0 aliphatic carbocycles. The lowest BCUT2D eigenvalue weighted by molar-refractivity contribution is 0.0948. The van der Waals surface area contributed by atoms with Crippen LogP contribution in [0.1, 0.15) is 28.7 Å². The van der Waals surface area contributed by atoms with Gasteiger partial charge in [0.2, 0.25) is 5.43 Å². The zero-order chi connectivity index (χ0) is 19.7. The monoisotopic (exact) mass is 394 g/mol. The fourth-order valence-electron chi connectivity index (χ4n) is 2.96. The third-order valence-electron chi connectivity index (χ3n) is 4.40. The maximum atomic E-state index is 12.8.